The van der Waals surface area contributed by atoms with Crippen LogP contribution in [0.3, 0.4) is 0 Å². The number of nitrogens with zero attached hydrogens (tertiary/aromatic N) is 7. The molecule has 2 aliphatic rings. The average molecular weight is 506 g/mol. The lowest BCUT2D eigenvalue weighted by molar-refractivity contribution is -0.150. The van der Waals surface area contributed by atoms with Gasteiger partial charge in [-0.1, -0.05) is 17.3 Å². The molecule has 4 heterocycles. The van der Waals surface area contributed by atoms with Crippen LogP contribution in [0.2, 0.25) is 0 Å². The lowest BCUT2D eigenvalue weighted by Crippen LogP contribution is -2.71. The van der Waals surface area contributed by atoms with Crippen molar-refractivity contribution < 1.29 is 24.3 Å². The molecule has 2 amide bonds. The number of aromatic nitrogens is 5. The lowest BCUT2D eigenvalue weighted by atomic mass is 10.0. The third kappa shape index (κ3) is 4.49. The summed E-state index contributed by atoms with van der Waals surface area (Å²) in [4.78, 5) is 48.9. The maximum Gasteiger partial charge on any atom is 0.352 e. The van der Waals surface area contributed by atoms with E-state index in [0.717, 1.165) is 11.3 Å². The number of carbonyl (C=O) groups excluding carboxylic acids is 2. The average Bonchev–Trinajstić information content (AvgIpc) is 3.42. The molecule has 0 aliphatic carbocycles. The molecule has 178 valence electrons. The molecule has 16 heteroatoms. The topological polar surface area (TPSA) is 191 Å². The number of anilines is 1. The summed E-state index contributed by atoms with van der Waals surface area (Å²) in [5.41, 5.74) is 6.02. The summed E-state index contributed by atoms with van der Waals surface area (Å²) in [6.07, 6.45) is 3.32. The van der Waals surface area contributed by atoms with Crippen molar-refractivity contribution >= 4 is 51.7 Å². The Bertz CT molecular complexity index is 1230. The second kappa shape index (κ2) is 9.60. The second-order valence-electron chi connectivity index (χ2n) is 7.03. The van der Waals surface area contributed by atoms with Gasteiger partial charge in [0.2, 0.25) is 0 Å². The molecule has 2 aliphatic heterocycles. The van der Waals surface area contributed by atoms with E-state index in [2.05, 4.69) is 30.9 Å². The first kappa shape index (κ1) is 23.4. The molecule has 14 nitrogen and oxygen atoms in total. The number of aryl methyl sites for hydroxylation is 1. The molecule has 1 fully saturated rings. The number of tetrazole rings is 1. The van der Waals surface area contributed by atoms with Crippen molar-refractivity contribution in [3.63, 3.8) is 0 Å². The molecule has 2 aromatic rings. The van der Waals surface area contributed by atoms with E-state index in [1.54, 1.807) is 19.1 Å². The number of carbonyl (C=O) groups is 3. The van der Waals surface area contributed by atoms with E-state index in [4.69, 9.17) is 10.6 Å². The van der Waals surface area contributed by atoms with E-state index in [9.17, 15) is 19.5 Å². The second-order valence-corrected chi connectivity index (χ2v) is 9.02. The number of carboxylic acids is 1. The van der Waals surface area contributed by atoms with Gasteiger partial charge in [0, 0.05) is 11.1 Å². The Balaban J connectivity index is 1.49. The molecule has 0 radical (unpaired) electrons. The van der Waals surface area contributed by atoms with E-state index in [1.165, 1.54) is 33.9 Å². The number of rotatable bonds is 8. The predicted octanol–water partition coefficient (Wildman–Crippen LogP) is -0.634. The highest BCUT2D eigenvalue weighted by Crippen LogP contribution is 2.40. The van der Waals surface area contributed by atoms with E-state index >= 15 is 0 Å². The van der Waals surface area contributed by atoms with E-state index in [-0.39, 0.29) is 22.2 Å². The molecule has 2 aromatic heterocycles. The number of nitrogens with two attached hydrogens (primary N) is 1. The van der Waals surface area contributed by atoms with Gasteiger partial charge in [-0.3, -0.25) is 14.5 Å². The minimum atomic E-state index is -1.24. The Kier molecular flexibility index (Phi) is 6.60. The Morgan fingerprint density at radius 3 is 2.88 bits per heavy atom. The van der Waals surface area contributed by atoms with Gasteiger partial charge < -0.3 is 21.0 Å². The zero-order valence-corrected chi connectivity index (χ0v) is 19.5. The van der Waals surface area contributed by atoms with Gasteiger partial charge in [-0.25, -0.2) is 9.78 Å². The van der Waals surface area contributed by atoms with Gasteiger partial charge in [-0.2, -0.15) is 4.80 Å². The molecular weight excluding hydrogens is 486 g/mol. The normalized spacial score (nSPS) is 20.4. The molecule has 0 spiro atoms. The van der Waals surface area contributed by atoms with Gasteiger partial charge in [0.25, 0.3) is 11.8 Å². The minimum Gasteiger partial charge on any atom is -0.477 e. The van der Waals surface area contributed by atoms with Crippen LogP contribution in [-0.2, 0) is 25.8 Å². The van der Waals surface area contributed by atoms with Crippen molar-refractivity contribution in [2.45, 2.75) is 24.9 Å². The Morgan fingerprint density at radius 1 is 1.47 bits per heavy atom. The highest BCUT2D eigenvalue weighted by atomic mass is 32.2. The number of thiazole rings is 1. The summed E-state index contributed by atoms with van der Waals surface area (Å²) >= 11 is 2.46. The molecular formula is C18H19N9O5S2. The first-order valence-corrected chi connectivity index (χ1v) is 11.7. The maximum atomic E-state index is 12.9. The first-order valence-electron chi connectivity index (χ1n) is 9.75. The van der Waals surface area contributed by atoms with Crippen LogP contribution in [0, 0.1) is 6.92 Å². The fourth-order valence-electron chi connectivity index (χ4n) is 3.36. The molecule has 1 saturated heterocycles. The van der Waals surface area contributed by atoms with Crippen molar-refractivity contribution in [3.8, 4) is 0 Å². The Morgan fingerprint density at radius 2 is 2.26 bits per heavy atom. The number of oxime groups is 1. The van der Waals surface area contributed by atoms with Gasteiger partial charge in [0.05, 0.1) is 6.54 Å². The van der Waals surface area contributed by atoms with E-state index < -0.39 is 29.2 Å². The monoisotopic (exact) mass is 505 g/mol. The number of fused-ring (bicyclic) bond motifs is 1. The quantitative estimate of drug-likeness (QED) is 0.235. The van der Waals surface area contributed by atoms with Crippen molar-refractivity contribution in [2.75, 3.05) is 18.6 Å². The van der Waals surface area contributed by atoms with Crippen LogP contribution in [0.4, 0.5) is 5.13 Å². The Hall–Kier alpha value is -3.79. The van der Waals surface area contributed by atoms with Gasteiger partial charge in [0.15, 0.2) is 16.7 Å². The van der Waals surface area contributed by atoms with Crippen molar-refractivity contribution in [1.29, 1.82) is 0 Å². The van der Waals surface area contributed by atoms with Crippen LogP contribution in [0.5, 0.6) is 0 Å². The molecule has 2 atom stereocenters. The van der Waals surface area contributed by atoms with Crippen molar-refractivity contribution in [3.05, 3.63) is 40.3 Å². The summed E-state index contributed by atoms with van der Waals surface area (Å²) in [6, 6.07) is -0.933. The van der Waals surface area contributed by atoms with Crippen molar-refractivity contribution in [2.24, 2.45) is 5.16 Å². The number of β-lactam (4-membered cyclic amide) rings is 1. The molecule has 0 bridgehead atoms. The molecule has 4 N–H and O–H groups in total. The number of carboxylic acid groups (broad SMARTS) is 1. The van der Waals surface area contributed by atoms with Gasteiger partial charge in [-0.05, 0) is 17.7 Å². The van der Waals surface area contributed by atoms with Crippen LogP contribution in [0.25, 0.3) is 0 Å². The standard InChI is InChI=1S/C18H19N9O5S2/c1-8-22-25-26(23-8)5-3-4-9-6-33-16-12(15(29)27(16)13(9)17(30)31)21-14(28)11(24-32-2)10-7-34-18(19)20-10/h3-4,7,12,16H,5-6H2,1-2H3,(H2,19,20)(H,21,28)(H,30,31)/b4-3+,24-11?/t12?,16-/m1/s1. The van der Waals surface area contributed by atoms with Gasteiger partial charge >= 0.3 is 5.97 Å². The fraction of sp³-hybridized carbons (Fsp3) is 0.333. The zero-order chi connectivity index (χ0) is 24.4. The predicted molar refractivity (Wildman–Crippen MR) is 121 cm³/mol. The summed E-state index contributed by atoms with van der Waals surface area (Å²) in [5.74, 6) is -1.63. The highest BCUT2D eigenvalue weighted by molar-refractivity contribution is 8.00. The van der Waals surface area contributed by atoms with E-state index in [0.29, 0.717) is 23.7 Å². The van der Waals surface area contributed by atoms with Crippen LogP contribution in [0.15, 0.2) is 34.0 Å². The number of thioether (sulfide) groups is 1. The third-order valence-electron chi connectivity index (χ3n) is 4.79. The van der Waals surface area contributed by atoms with E-state index in [1.807, 2.05) is 0 Å². The molecule has 1 unspecified atom stereocenters. The zero-order valence-electron chi connectivity index (χ0n) is 17.9. The largest absolute Gasteiger partial charge is 0.477 e. The number of hydrogen-bond acceptors (Lipinski definition) is 12. The first-order chi connectivity index (χ1) is 16.3. The number of allylic oxidation sites excluding steroid dienone is 2. The molecule has 4 rings (SSSR count). The minimum absolute atomic E-state index is 0.128. The summed E-state index contributed by atoms with van der Waals surface area (Å²) in [7, 11) is 1.27. The summed E-state index contributed by atoms with van der Waals surface area (Å²) < 4.78 is 0. The van der Waals surface area contributed by atoms with Crippen LogP contribution in [0.1, 0.15) is 11.5 Å². The summed E-state index contributed by atoms with van der Waals surface area (Å²) in [6.45, 7) is 2.00. The lowest BCUT2D eigenvalue weighted by Gasteiger charge is -2.49. The molecule has 0 saturated carbocycles. The number of nitrogen functional groups attached to an aromatic ring is 1. The third-order valence-corrected chi connectivity index (χ3v) is 6.77. The number of nitrogens with one attached hydrogen (secondary N) is 1. The number of aliphatic carboxylic acids is 1. The Labute approximate surface area is 200 Å². The molecule has 0 aromatic carbocycles. The van der Waals surface area contributed by atoms with Gasteiger partial charge in [0.1, 0.15) is 29.9 Å². The fourth-order valence-corrected chi connectivity index (χ4v) is 5.23. The van der Waals surface area contributed by atoms with Crippen LogP contribution in [-0.4, -0.2) is 83.0 Å². The maximum absolute atomic E-state index is 12.9. The highest BCUT2D eigenvalue weighted by Gasteiger charge is 2.54. The van der Waals surface area contributed by atoms with Crippen molar-refractivity contribution in [1.82, 2.24) is 35.4 Å². The molecule has 34 heavy (non-hydrogen) atoms. The number of hydrogen-bond donors (Lipinski definition) is 3. The smallest absolute Gasteiger partial charge is 0.352 e. The SMILES string of the molecule is CON=C(C(=O)NC1C(=O)N2C(C(=O)O)=C(/C=C/Cn3nnc(C)n3)CS[C@H]12)c1csc(N)n1. The van der Waals surface area contributed by atoms with Crippen LogP contribution < -0.4 is 11.1 Å². The number of amides is 2. The van der Waals surface area contributed by atoms with Crippen LogP contribution >= 0.6 is 23.1 Å². The summed E-state index contributed by atoms with van der Waals surface area (Å²) in [5, 5.41) is 28.9. The van der Waals surface area contributed by atoms with Gasteiger partial charge in [-0.15, -0.1) is 33.3 Å².